The molecular weight excluding hydrogens is 360 g/mol. The summed E-state index contributed by atoms with van der Waals surface area (Å²) in [5.41, 5.74) is 3.27. The van der Waals surface area contributed by atoms with Gasteiger partial charge in [-0.1, -0.05) is 36.4 Å². The summed E-state index contributed by atoms with van der Waals surface area (Å²) in [5, 5.41) is 4.40. The van der Waals surface area contributed by atoms with Crippen LogP contribution in [0.25, 0.3) is 10.8 Å². The smallest absolute Gasteiger partial charge is 0.265 e. The second-order valence-electron chi connectivity index (χ2n) is 6.84. The molecule has 0 unspecified atom stereocenters. The van der Waals surface area contributed by atoms with E-state index in [2.05, 4.69) is 5.32 Å². The standard InChI is InChI=1S/C21H20N2O3S/c1-13-7-4-10-17(14(13)2)22-21(24)15(3)23-18-11-5-8-16-9-6-12-19(20(16)18)27(23,25)26/h4-12,15H,1-3H3,(H,22,24)/t15-/m0/s1. The van der Waals surface area contributed by atoms with Gasteiger partial charge in [-0.3, -0.25) is 9.10 Å². The fraction of sp³-hybridized carbons (Fsp3) is 0.190. The molecule has 0 saturated heterocycles. The Morgan fingerprint density at radius 3 is 2.41 bits per heavy atom. The Labute approximate surface area is 158 Å². The molecular formula is C21H20N2O3S. The zero-order chi connectivity index (χ0) is 19.3. The number of hydrogen-bond donors (Lipinski definition) is 1. The fourth-order valence-electron chi connectivity index (χ4n) is 3.57. The van der Waals surface area contributed by atoms with E-state index in [4.69, 9.17) is 0 Å². The molecule has 3 aromatic rings. The van der Waals surface area contributed by atoms with Crippen molar-refractivity contribution in [3.05, 3.63) is 65.7 Å². The largest absolute Gasteiger partial charge is 0.324 e. The van der Waals surface area contributed by atoms with Crippen LogP contribution in [0.3, 0.4) is 0 Å². The highest BCUT2D eigenvalue weighted by atomic mass is 32.2. The van der Waals surface area contributed by atoms with Crippen LogP contribution in [0.4, 0.5) is 11.4 Å². The van der Waals surface area contributed by atoms with Crippen LogP contribution in [0.2, 0.25) is 0 Å². The molecule has 0 fully saturated rings. The number of carbonyl (C=O) groups excluding carboxylic acids is 1. The lowest BCUT2D eigenvalue weighted by Gasteiger charge is -2.25. The van der Waals surface area contributed by atoms with Gasteiger partial charge in [-0.15, -0.1) is 0 Å². The summed E-state index contributed by atoms with van der Waals surface area (Å²) < 4.78 is 27.5. The third-order valence-corrected chi connectivity index (χ3v) is 7.14. The zero-order valence-corrected chi connectivity index (χ0v) is 16.2. The lowest BCUT2D eigenvalue weighted by atomic mass is 10.1. The predicted octanol–water partition coefficient (Wildman–Crippen LogP) is 3.99. The highest BCUT2D eigenvalue weighted by Crippen LogP contribution is 2.43. The SMILES string of the molecule is Cc1cccc(NC(=O)[C@H](C)N2c3cccc4cccc(c34)S2(=O)=O)c1C. The number of nitrogens with zero attached hydrogens (tertiary/aromatic N) is 1. The topological polar surface area (TPSA) is 66.5 Å². The number of amides is 1. The van der Waals surface area contributed by atoms with Gasteiger partial charge in [0, 0.05) is 11.1 Å². The third kappa shape index (κ3) is 2.59. The molecule has 0 aliphatic carbocycles. The van der Waals surface area contributed by atoms with Crippen LogP contribution < -0.4 is 9.62 Å². The Hall–Kier alpha value is -2.86. The molecule has 0 radical (unpaired) electrons. The van der Waals surface area contributed by atoms with Crippen LogP contribution in [0.15, 0.2) is 59.5 Å². The van der Waals surface area contributed by atoms with Gasteiger partial charge in [0.2, 0.25) is 5.91 Å². The Morgan fingerprint density at radius 2 is 1.67 bits per heavy atom. The van der Waals surface area contributed by atoms with Crippen molar-refractivity contribution in [1.82, 2.24) is 0 Å². The minimum absolute atomic E-state index is 0.252. The average molecular weight is 380 g/mol. The van der Waals surface area contributed by atoms with E-state index in [1.54, 1.807) is 25.1 Å². The fourth-order valence-corrected chi connectivity index (χ4v) is 5.43. The number of anilines is 2. The molecule has 27 heavy (non-hydrogen) atoms. The summed E-state index contributed by atoms with van der Waals surface area (Å²) in [6.45, 7) is 5.51. The van der Waals surface area contributed by atoms with Crippen molar-refractivity contribution in [3.63, 3.8) is 0 Å². The molecule has 1 heterocycles. The van der Waals surface area contributed by atoms with E-state index < -0.39 is 16.1 Å². The molecule has 5 nitrogen and oxygen atoms in total. The first-order valence-electron chi connectivity index (χ1n) is 8.75. The minimum atomic E-state index is -3.78. The highest BCUT2D eigenvalue weighted by molar-refractivity contribution is 7.93. The van der Waals surface area contributed by atoms with E-state index >= 15 is 0 Å². The van der Waals surface area contributed by atoms with E-state index in [0.717, 1.165) is 16.5 Å². The third-order valence-electron chi connectivity index (χ3n) is 5.21. The van der Waals surface area contributed by atoms with Gasteiger partial charge in [0.15, 0.2) is 0 Å². The first kappa shape index (κ1) is 17.5. The summed E-state index contributed by atoms with van der Waals surface area (Å²) in [6.07, 6.45) is 0. The van der Waals surface area contributed by atoms with Crippen LogP contribution >= 0.6 is 0 Å². The Balaban J connectivity index is 1.74. The van der Waals surface area contributed by atoms with E-state index in [9.17, 15) is 13.2 Å². The molecule has 1 aliphatic rings. The Kier molecular flexibility index (Phi) is 3.96. The van der Waals surface area contributed by atoms with E-state index in [0.29, 0.717) is 16.8 Å². The number of nitrogens with one attached hydrogen (secondary N) is 1. The lowest BCUT2D eigenvalue weighted by molar-refractivity contribution is -0.116. The summed E-state index contributed by atoms with van der Waals surface area (Å²) in [4.78, 5) is 13.2. The molecule has 0 spiro atoms. The van der Waals surface area contributed by atoms with Crippen molar-refractivity contribution < 1.29 is 13.2 Å². The first-order chi connectivity index (χ1) is 12.8. The van der Waals surface area contributed by atoms with Crippen LogP contribution in [0.5, 0.6) is 0 Å². The first-order valence-corrected chi connectivity index (χ1v) is 10.2. The Morgan fingerprint density at radius 1 is 1.00 bits per heavy atom. The van der Waals surface area contributed by atoms with Crippen LogP contribution in [0.1, 0.15) is 18.1 Å². The molecule has 1 amide bonds. The molecule has 1 aliphatic heterocycles. The van der Waals surface area contributed by atoms with Crippen molar-refractivity contribution in [3.8, 4) is 0 Å². The summed E-state index contributed by atoms with van der Waals surface area (Å²) in [7, 11) is -3.78. The van der Waals surface area contributed by atoms with Gasteiger partial charge >= 0.3 is 0 Å². The molecule has 4 rings (SSSR count). The molecule has 138 valence electrons. The summed E-state index contributed by atoms with van der Waals surface area (Å²) in [6, 6.07) is 15.4. The monoisotopic (exact) mass is 380 g/mol. The number of carbonyl (C=O) groups is 1. The molecule has 0 aromatic heterocycles. The number of rotatable bonds is 3. The maximum Gasteiger partial charge on any atom is 0.265 e. The summed E-state index contributed by atoms with van der Waals surface area (Å²) >= 11 is 0. The minimum Gasteiger partial charge on any atom is -0.324 e. The number of hydrogen-bond acceptors (Lipinski definition) is 3. The predicted molar refractivity (Wildman–Crippen MR) is 108 cm³/mol. The van der Waals surface area contributed by atoms with Crippen molar-refractivity contribution in [2.24, 2.45) is 0 Å². The van der Waals surface area contributed by atoms with E-state index in [1.807, 2.05) is 50.2 Å². The van der Waals surface area contributed by atoms with Gasteiger partial charge in [-0.2, -0.15) is 0 Å². The zero-order valence-electron chi connectivity index (χ0n) is 15.4. The van der Waals surface area contributed by atoms with Crippen molar-refractivity contribution in [1.29, 1.82) is 0 Å². The molecule has 3 aromatic carbocycles. The second kappa shape index (κ2) is 6.09. The molecule has 1 N–H and O–H groups in total. The normalized spacial score (nSPS) is 15.7. The lowest BCUT2D eigenvalue weighted by Crippen LogP contribution is -2.44. The van der Waals surface area contributed by atoms with Gasteiger partial charge in [0.1, 0.15) is 6.04 Å². The molecule has 1 atom stereocenters. The van der Waals surface area contributed by atoms with Crippen LogP contribution in [-0.2, 0) is 14.8 Å². The molecule has 6 heteroatoms. The molecule has 0 bridgehead atoms. The van der Waals surface area contributed by atoms with Gasteiger partial charge in [-0.05, 0) is 55.5 Å². The maximum atomic E-state index is 13.1. The van der Waals surface area contributed by atoms with Crippen LogP contribution in [-0.4, -0.2) is 20.4 Å². The van der Waals surface area contributed by atoms with Crippen molar-refractivity contribution in [2.75, 3.05) is 9.62 Å². The second-order valence-corrected chi connectivity index (χ2v) is 8.63. The van der Waals surface area contributed by atoms with E-state index in [1.165, 1.54) is 4.31 Å². The van der Waals surface area contributed by atoms with Gasteiger partial charge in [0.25, 0.3) is 10.0 Å². The average Bonchev–Trinajstić information content (AvgIpc) is 2.87. The quantitative estimate of drug-likeness (QED) is 0.747. The van der Waals surface area contributed by atoms with Crippen molar-refractivity contribution >= 4 is 38.1 Å². The number of sulfonamides is 1. The number of aryl methyl sites for hydroxylation is 1. The van der Waals surface area contributed by atoms with Gasteiger partial charge < -0.3 is 5.32 Å². The Bertz CT molecular complexity index is 1180. The van der Waals surface area contributed by atoms with E-state index in [-0.39, 0.29) is 10.8 Å². The van der Waals surface area contributed by atoms with Crippen molar-refractivity contribution in [2.45, 2.75) is 31.7 Å². The van der Waals surface area contributed by atoms with Crippen LogP contribution in [0, 0.1) is 13.8 Å². The van der Waals surface area contributed by atoms with Gasteiger partial charge in [-0.25, -0.2) is 8.42 Å². The number of benzene rings is 3. The molecule has 0 saturated carbocycles. The van der Waals surface area contributed by atoms with Gasteiger partial charge in [0.05, 0.1) is 10.6 Å². The summed E-state index contributed by atoms with van der Waals surface area (Å²) in [5.74, 6) is -0.364. The maximum absolute atomic E-state index is 13.1. The highest BCUT2D eigenvalue weighted by Gasteiger charge is 2.40.